The Morgan fingerprint density at radius 3 is 1.92 bits per heavy atom. The summed E-state index contributed by atoms with van der Waals surface area (Å²) in [6.45, 7) is 3.55. The smallest absolute Gasteiger partial charge is 0.475 e. The number of hydrogen-bond donors (Lipinski definition) is 2. The number of rotatable bonds is 4. The topological polar surface area (TPSA) is 138 Å². The number of halogens is 6. The number of carboxylic acids is 2. The number of pyridine rings is 1. The number of alkyl halides is 6. The lowest BCUT2D eigenvalue weighted by Crippen LogP contribution is -2.54. The first kappa shape index (κ1) is 32.4. The first-order valence-electron chi connectivity index (χ1n) is 11.1. The van der Waals surface area contributed by atoms with E-state index in [2.05, 4.69) is 25.8 Å². The van der Waals surface area contributed by atoms with Crippen LogP contribution < -0.4 is 4.90 Å². The van der Waals surface area contributed by atoms with Crippen LogP contribution in [0.25, 0.3) is 0 Å². The molecule has 2 aliphatic heterocycles. The van der Waals surface area contributed by atoms with Crippen molar-refractivity contribution in [3.63, 3.8) is 0 Å². The highest BCUT2D eigenvalue weighted by Crippen LogP contribution is 2.39. The monoisotopic (exact) mass is 555 g/mol. The van der Waals surface area contributed by atoms with Crippen molar-refractivity contribution in [1.29, 1.82) is 5.26 Å². The minimum atomic E-state index is -5.08. The Labute approximate surface area is 214 Å². The number of carboxylic acid groups (broad SMARTS) is 2. The third-order valence-corrected chi connectivity index (χ3v) is 5.83. The third kappa shape index (κ3) is 9.69. The molecule has 0 saturated carbocycles. The highest BCUT2D eigenvalue weighted by Gasteiger charge is 2.46. The summed E-state index contributed by atoms with van der Waals surface area (Å²) in [7, 11) is 4.10. The van der Waals surface area contributed by atoms with E-state index in [1.54, 1.807) is 6.20 Å². The van der Waals surface area contributed by atoms with Crippen molar-refractivity contribution in [2.75, 3.05) is 45.2 Å². The van der Waals surface area contributed by atoms with Gasteiger partial charge in [0.25, 0.3) is 0 Å². The van der Waals surface area contributed by atoms with Crippen molar-refractivity contribution in [2.24, 2.45) is 0 Å². The molecule has 0 atom stereocenters. The van der Waals surface area contributed by atoms with Gasteiger partial charge in [-0.2, -0.15) is 31.6 Å². The predicted molar refractivity (Wildman–Crippen MR) is 120 cm³/mol. The molecule has 0 aromatic carbocycles. The molecule has 10 nitrogen and oxygen atoms in total. The Balaban J connectivity index is 0.000000426. The zero-order chi connectivity index (χ0) is 29.3. The third-order valence-electron chi connectivity index (χ3n) is 5.83. The molecule has 1 aromatic heterocycles. The molecule has 2 saturated heterocycles. The molecule has 3 heterocycles. The Bertz CT molecular complexity index is 976. The molecule has 38 heavy (non-hydrogen) atoms. The van der Waals surface area contributed by atoms with Crippen molar-refractivity contribution >= 4 is 23.7 Å². The average molecular weight is 555 g/mol. The van der Waals surface area contributed by atoms with Crippen molar-refractivity contribution in [1.82, 2.24) is 14.8 Å². The number of aromatic nitrogens is 1. The van der Waals surface area contributed by atoms with Crippen molar-refractivity contribution in [3.05, 3.63) is 23.9 Å². The van der Waals surface area contributed by atoms with Crippen LogP contribution in [0.3, 0.4) is 0 Å². The van der Waals surface area contributed by atoms with Gasteiger partial charge in [0.2, 0.25) is 5.91 Å². The SMILES string of the molecule is CN(C)CCN1C(=O)CCC12CCN(c1ccc(C#N)cn1)CC2.O=C(O)C(F)(F)F.O=C(O)C(F)(F)F. The average Bonchev–Trinajstić information content (AvgIpc) is 3.12. The summed E-state index contributed by atoms with van der Waals surface area (Å²) in [6, 6.07) is 5.83. The van der Waals surface area contributed by atoms with E-state index in [9.17, 15) is 31.1 Å². The Kier molecular flexibility index (Phi) is 11.3. The molecule has 1 aromatic rings. The fourth-order valence-corrected chi connectivity index (χ4v) is 3.85. The van der Waals surface area contributed by atoms with Crippen molar-refractivity contribution in [2.45, 2.75) is 43.6 Å². The van der Waals surface area contributed by atoms with Crippen LogP contribution in [0.15, 0.2) is 18.3 Å². The molecular formula is C22H27F6N5O5. The lowest BCUT2D eigenvalue weighted by molar-refractivity contribution is -0.193. The largest absolute Gasteiger partial charge is 0.490 e. The van der Waals surface area contributed by atoms with E-state index >= 15 is 0 Å². The fraction of sp³-hybridized carbons (Fsp3) is 0.591. The molecule has 212 valence electrons. The van der Waals surface area contributed by atoms with Gasteiger partial charge < -0.3 is 24.9 Å². The maximum Gasteiger partial charge on any atom is 0.490 e. The number of nitriles is 1. The Morgan fingerprint density at radius 2 is 1.55 bits per heavy atom. The van der Waals surface area contributed by atoms with E-state index in [0.717, 1.165) is 51.3 Å². The van der Waals surface area contributed by atoms with Crippen LogP contribution in [0.2, 0.25) is 0 Å². The van der Waals surface area contributed by atoms with Gasteiger partial charge in [0.15, 0.2) is 0 Å². The molecule has 0 unspecified atom stereocenters. The summed E-state index contributed by atoms with van der Waals surface area (Å²) < 4.78 is 63.5. The fourth-order valence-electron chi connectivity index (χ4n) is 3.85. The standard InChI is InChI=1S/C18H25N5O.2C2HF3O2/c1-21(2)11-12-23-17(24)5-6-18(23)7-9-22(10-8-18)16-4-3-15(13-19)14-20-16;2*3-2(4,5)1(6)7/h3-4,14H,5-12H2,1-2H3;2*(H,6,7). The zero-order valence-electron chi connectivity index (χ0n) is 20.5. The normalized spacial score (nSPS) is 16.8. The number of amides is 1. The number of anilines is 1. The highest BCUT2D eigenvalue weighted by atomic mass is 19.4. The molecule has 16 heteroatoms. The number of aliphatic carboxylic acids is 2. The number of likely N-dealkylation sites (N-methyl/N-ethyl adjacent to an activating group) is 1. The number of likely N-dealkylation sites (tertiary alicyclic amines) is 1. The summed E-state index contributed by atoms with van der Waals surface area (Å²) in [6.07, 6.45) is -4.89. The summed E-state index contributed by atoms with van der Waals surface area (Å²) >= 11 is 0. The maximum absolute atomic E-state index is 12.3. The first-order chi connectivity index (χ1) is 17.4. The molecule has 0 aliphatic carbocycles. The summed E-state index contributed by atoms with van der Waals surface area (Å²) in [5, 5.41) is 23.1. The van der Waals surface area contributed by atoms with Crippen LogP contribution in [-0.4, -0.2) is 101 Å². The maximum atomic E-state index is 12.3. The molecule has 2 aliphatic rings. The van der Waals surface area contributed by atoms with Gasteiger partial charge in [-0.1, -0.05) is 0 Å². The lowest BCUT2D eigenvalue weighted by atomic mass is 9.85. The predicted octanol–water partition coefficient (Wildman–Crippen LogP) is 2.74. The van der Waals surface area contributed by atoms with Gasteiger partial charge in [-0.25, -0.2) is 14.6 Å². The van der Waals surface area contributed by atoms with Gasteiger partial charge in [-0.05, 0) is 45.5 Å². The molecule has 3 rings (SSSR count). The molecule has 1 spiro atoms. The molecule has 1 amide bonds. The van der Waals surface area contributed by atoms with Gasteiger partial charge in [0.1, 0.15) is 11.9 Å². The summed E-state index contributed by atoms with van der Waals surface area (Å²) in [5.74, 6) is -4.28. The second-order valence-corrected chi connectivity index (χ2v) is 8.68. The zero-order valence-corrected chi connectivity index (χ0v) is 20.5. The van der Waals surface area contributed by atoms with Gasteiger partial charge in [0, 0.05) is 44.3 Å². The number of carbonyl (C=O) groups excluding carboxylic acids is 1. The van der Waals surface area contributed by atoms with E-state index in [1.807, 2.05) is 26.2 Å². The minimum absolute atomic E-state index is 0.0379. The molecule has 0 bridgehead atoms. The van der Waals surface area contributed by atoms with E-state index in [1.165, 1.54) is 0 Å². The van der Waals surface area contributed by atoms with Crippen LogP contribution in [-0.2, 0) is 14.4 Å². The quantitative estimate of drug-likeness (QED) is 0.537. The number of hydrogen-bond acceptors (Lipinski definition) is 7. The first-order valence-corrected chi connectivity index (χ1v) is 11.1. The van der Waals surface area contributed by atoms with Crippen LogP contribution in [0.1, 0.15) is 31.2 Å². The number of nitrogens with zero attached hydrogens (tertiary/aromatic N) is 5. The number of carbonyl (C=O) groups is 3. The van der Waals surface area contributed by atoms with E-state index in [0.29, 0.717) is 17.9 Å². The molecule has 0 radical (unpaired) electrons. The van der Waals surface area contributed by atoms with Crippen molar-refractivity contribution < 1.29 is 50.9 Å². The summed E-state index contributed by atoms with van der Waals surface area (Å²) in [5.41, 5.74) is 0.624. The van der Waals surface area contributed by atoms with Crippen LogP contribution in [0.5, 0.6) is 0 Å². The van der Waals surface area contributed by atoms with E-state index in [4.69, 9.17) is 25.1 Å². The molecular weight excluding hydrogens is 528 g/mol. The van der Waals surface area contributed by atoms with Gasteiger partial charge in [-0.15, -0.1) is 0 Å². The number of piperidine rings is 1. The van der Waals surface area contributed by atoms with E-state index in [-0.39, 0.29) is 5.54 Å². The second kappa shape index (κ2) is 13.3. The lowest BCUT2D eigenvalue weighted by Gasteiger charge is -2.45. The minimum Gasteiger partial charge on any atom is -0.475 e. The van der Waals surface area contributed by atoms with E-state index < -0.39 is 24.3 Å². The highest BCUT2D eigenvalue weighted by molar-refractivity contribution is 5.80. The Hall–Kier alpha value is -3.61. The van der Waals surface area contributed by atoms with Crippen LogP contribution >= 0.6 is 0 Å². The second-order valence-electron chi connectivity index (χ2n) is 8.68. The summed E-state index contributed by atoms with van der Waals surface area (Å²) in [4.78, 5) is 41.1. The van der Waals surface area contributed by atoms with Gasteiger partial charge >= 0.3 is 24.3 Å². The van der Waals surface area contributed by atoms with Crippen molar-refractivity contribution in [3.8, 4) is 6.07 Å². The Morgan fingerprint density at radius 1 is 1.05 bits per heavy atom. The van der Waals surface area contributed by atoms with Crippen LogP contribution in [0.4, 0.5) is 32.2 Å². The molecule has 2 fully saturated rings. The van der Waals surface area contributed by atoms with Crippen LogP contribution in [0, 0.1) is 11.3 Å². The van der Waals surface area contributed by atoms with Gasteiger partial charge in [-0.3, -0.25) is 4.79 Å². The molecule has 2 N–H and O–H groups in total. The van der Waals surface area contributed by atoms with Gasteiger partial charge in [0.05, 0.1) is 5.56 Å².